The van der Waals surface area contributed by atoms with Crippen molar-refractivity contribution in [2.75, 3.05) is 31.1 Å². The molecule has 0 aromatic heterocycles. The highest BCUT2D eigenvalue weighted by Gasteiger charge is 2.31. The summed E-state index contributed by atoms with van der Waals surface area (Å²) >= 11 is 0. The van der Waals surface area contributed by atoms with E-state index >= 15 is 0 Å². The van der Waals surface area contributed by atoms with Crippen molar-refractivity contribution < 1.29 is 18.7 Å². The van der Waals surface area contributed by atoms with Crippen LogP contribution in [0.1, 0.15) is 65.7 Å². The Bertz CT molecular complexity index is 730. The second kappa shape index (κ2) is 10.5. The molecule has 5 nitrogen and oxygen atoms in total. The van der Waals surface area contributed by atoms with Crippen LogP contribution in [0.15, 0.2) is 24.3 Å². The molecule has 31 heavy (non-hydrogen) atoms. The first-order valence-electron chi connectivity index (χ1n) is 11.7. The van der Waals surface area contributed by atoms with Crippen molar-refractivity contribution in [3.05, 3.63) is 30.1 Å². The summed E-state index contributed by atoms with van der Waals surface area (Å²) in [4.78, 5) is 29.9. The minimum atomic E-state index is -0.545. The maximum Gasteiger partial charge on any atom is 0.307 e. The molecule has 1 amide bonds. The van der Waals surface area contributed by atoms with Gasteiger partial charge in [-0.1, -0.05) is 25.7 Å². The molecule has 1 aromatic rings. The number of anilines is 1. The number of esters is 1. The molecule has 1 heterocycles. The van der Waals surface area contributed by atoms with Crippen LogP contribution in [0.5, 0.6) is 0 Å². The zero-order chi connectivity index (χ0) is 22.4. The van der Waals surface area contributed by atoms with E-state index in [1.165, 1.54) is 37.8 Å². The summed E-state index contributed by atoms with van der Waals surface area (Å²) in [5, 5.41) is 0. The third kappa shape index (κ3) is 7.22. The SMILES string of the molecule is CC(C)(C)OC(=O)C[C@@H](CCC1CCCC1)C(=O)N1CCN(c2ccc(F)cc2)CC1. The molecule has 172 valence electrons. The molecule has 0 radical (unpaired) electrons. The van der Waals surface area contributed by atoms with Crippen molar-refractivity contribution in [3.63, 3.8) is 0 Å². The third-order valence-electron chi connectivity index (χ3n) is 6.36. The molecule has 3 rings (SSSR count). The second-order valence-electron chi connectivity index (χ2n) is 10.0. The highest BCUT2D eigenvalue weighted by molar-refractivity contribution is 5.84. The summed E-state index contributed by atoms with van der Waals surface area (Å²) in [7, 11) is 0. The molecule has 1 aromatic carbocycles. The van der Waals surface area contributed by atoms with Crippen LogP contribution >= 0.6 is 0 Å². The zero-order valence-corrected chi connectivity index (χ0v) is 19.2. The van der Waals surface area contributed by atoms with Gasteiger partial charge >= 0.3 is 5.97 Å². The number of benzene rings is 1. The number of rotatable bonds is 7. The number of hydrogen-bond acceptors (Lipinski definition) is 4. The lowest BCUT2D eigenvalue weighted by Crippen LogP contribution is -2.50. The van der Waals surface area contributed by atoms with Gasteiger partial charge in [0.2, 0.25) is 5.91 Å². The average molecular weight is 433 g/mol. The predicted molar refractivity (Wildman–Crippen MR) is 120 cm³/mol. The van der Waals surface area contributed by atoms with Crippen LogP contribution < -0.4 is 4.90 Å². The third-order valence-corrected chi connectivity index (χ3v) is 6.36. The van der Waals surface area contributed by atoms with Gasteiger partial charge in [0.15, 0.2) is 0 Å². The fraction of sp³-hybridized carbons (Fsp3) is 0.680. The minimum absolute atomic E-state index is 0.0719. The molecule has 0 N–H and O–H groups in total. The van der Waals surface area contributed by atoms with E-state index in [4.69, 9.17) is 4.74 Å². The molecule has 0 unspecified atom stereocenters. The quantitative estimate of drug-likeness (QED) is 0.581. The molecule has 1 aliphatic heterocycles. The fourth-order valence-electron chi connectivity index (χ4n) is 4.73. The monoisotopic (exact) mass is 432 g/mol. The van der Waals surface area contributed by atoms with Crippen molar-refractivity contribution in [1.29, 1.82) is 0 Å². The Morgan fingerprint density at radius 3 is 2.26 bits per heavy atom. The first-order chi connectivity index (χ1) is 14.7. The van der Waals surface area contributed by atoms with E-state index < -0.39 is 5.60 Å². The highest BCUT2D eigenvalue weighted by atomic mass is 19.1. The van der Waals surface area contributed by atoms with Crippen LogP contribution in [0.2, 0.25) is 0 Å². The Morgan fingerprint density at radius 1 is 1.06 bits per heavy atom. The van der Waals surface area contributed by atoms with Gasteiger partial charge in [0.1, 0.15) is 11.4 Å². The van der Waals surface area contributed by atoms with Crippen molar-refractivity contribution in [3.8, 4) is 0 Å². The van der Waals surface area contributed by atoms with E-state index in [-0.39, 0.29) is 30.0 Å². The largest absolute Gasteiger partial charge is 0.460 e. The Kier molecular flexibility index (Phi) is 7.95. The summed E-state index contributed by atoms with van der Waals surface area (Å²) in [5.41, 5.74) is 0.428. The van der Waals surface area contributed by atoms with Gasteiger partial charge in [-0.25, -0.2) is 4.39 Å². The molecule has 1 saturated carbocycles. The van der Waals surface area contributed by atoms with E-state index in [0.29, 0.717) is 32.1 Å². The smallest absolute Gasteiger partial charge is 0.307 e. The summed E-state index contributed by atoms with van der Waals surface area (Å²) in [5.74, 6) is -0.0910. The molecule has 2 fully saturated rings. The number of amides is 1. The van der Waals surface area contributed by atoms with Gasteiger partial charge in [-0.2, -0.15) is 0 Å². The fourth-order valence-corrected chi connectivity index (χ4v) is 4.73. The number of piperazine rings is 1. The lowest BCUT2D eigenvalue weighted by atomic mass is 9.91. The standard InChI is InChI=1S/C25H37FN2O3/c1-25(2,3)31-23(29)18-20(9-8-19-6-4-5-7-19)24(30)28-16-14-27(15-17-28)22-12-10-21(26)11-13-22/h10-13,19-20H,4-9,14-18H2,1-3H3/t20-/m1/s1. The van der Waals surface area contributed by atoms with E-state index in [2.05, 4.69) is 4.90 Å². The zero-order valence-electron chi connectivity index (χ0n) is 19.2. The predicted octanol–water partition coefficient (Wildman–Crippen LogP) is 4.79. The number of hydrogen-bond donors (Lipinski definition) is 0. The Morgan fingerprint density at radius 2 is 1.68 bits per heavy atom. The van der Waals surface area contributed by atoms with Gasteiger partial charge in [0.05, 0.1) is 6.42 Å². The molecular formula is C25H37FN2O3. The van der Waals surface area contributed by atoms with Crippen molar-refractivity contribution >= 4 is 17.6 Å². The summed E-state index contributed by atoms with van der Waals surface area (Å²) in [6, 6.07) is 6.49. The second-order valence-corrected chi connectivity index (χ2v) is 10.0. The molecule has 1 aliphatic carbocycles. The van der Waals surface area contributed by atoms with Crippen LogP contribution in [-0.2, 0) is 14.3 Å². The van der Waals surface area contributed by atoms with E-state index in [9.17, 15) is 14.0 Å². The maximum absolute atomic E-state index is 13.3. The van der Waals surface area contributed by atoms with Gasteiger partial charge in [-0.3, -0.25) is 9.59 Å². The van der Waals surface area contributed by atoms with Gasteiger partial charge in [-0.05, 0) is 63.8 Å². The molecule has 0 spiro atoms. The Balaban J connectivity index is 1.58. The number of ether oxygens (including phenoxy) is 1. The normalized spacial score (nSPS) is 18.8. The maximum atomic E-state index is 13.3. The van der Waals surface area contributed by atoms with Crippen molar-refractivity contribution in [1.82, 2.24) is 4.90 Å². The van der Waals surface area contributed by atoms with Crippen LogP contribution in [0.3, 0.4) is 0 Å². The number of carbonyl (C=O) groups excluding carboxylic acids is 2. The number of carbonyl (C=O) groups is 2. The Labute approximate surface area is 185 Å². The first-order valence-corrected chi connectivity index (χ1v) is 11.7. The van der Waals surface area contributed by atoms with E-state index in [1.807, 2.05) is 25.7 Å². The highest BCUT2D eigenvalue weighted by Crippen LogP contribution is 2.31. The molecule has 6 heteroatoms. The lowest BCUT2D eigenvalue weighted by Gasteiger charge is -2.37. The van der Waals surface area contributed by atoms with Crippen LogP contribution in [0.4, 0.5) is 10.1 Å². The first kappa shape index (κ1) is 23.6. The lowest BCUT2D eigenvalue weighted by molar-refractivity contribution is -0.158. The van der Waals surface area contributed by atoms with Crippen molar-refractivity contribution in [2.24, 2.45) is 11.8 Å². The average Bonchev–Trinajstić information content (AvgIpc) is 3.23. The minimum Gasteiger partial charge on any atom is -0.460 e. The van der Waals surface area contributed by atoms with Gasteiger partial charge < -0.3 is 14.5 Å². The summed E-state index contributed by atoms with van der Waals surface area (Å²) < 4.78 is 18.7. The molecule has 1 saturated heterocycles. The van der Waals surface area contributed by atoms with Crippen LogP contribution in [0.25, 0.3) is 0 Å². The Hall–Kier alpha value is -2.11. The van der Waals surface area contributed by atoms with Gasteiger partial charge in [0, 0.05) is 37.8 Å². The number of halogens is 1. The summed E-state index contributed by atoms with van der Waals surface area (Å²) in [6.45, 7) is 8.21. The molecule has 1 atom stereocenters. The molecule has 2 aliphatic rings. The molecule has 0 bridgehead atoms. The molecular weight excluding hydrogens is 395 g/mol. The van der Waals surface area contributed by atoms with Crippen molar-refractivity contribution in [2.45, 2.75) is 71.3 Å². The van der Waals surface area contributed by atoms with Crippen LogP contribution in [0, 0.1) is 17.7 Å². The van der Waals surface area contributed by atoms with Crippen LogP contribution in [-0.4, -0.2) is 48.6 Å². The number of nitrogens with zero attached hydrogens (tertiary/aromatic N) is 2. The van der Waals surface area contributed by atoms with E-state index in [0.717, 1.165) is 18.5 Å². The van der Waals surface area contributed by atoms with Gasteiger partial charge in [0.25, 0.3) is 0 Å². The van der Waals surface area contributed by atoms with E-state index in [1.54, 1.807) is 12.1 Å². The summed E-state index contributed by atoms with van der Waals surface area (Å²) in [6.07, 6.45) is 6.95. The topological polar surface area (TPSA) is 49.9 Å². The van der Waals surface area contributed by atoms with Gasteiger partial charge in [-0.15, -0.1) is 0 Å².